The summed E-state index contributed by atoms with van der Waals surface area (Å²) in [5, 5.41) is 29.6. The quantitative estimate of drug-likeness (QED) is 0.117. The molecule has 3 rings (SSSR count). The lowest BCUT2D eigenvalue weighted by atomic mass is 10.0. The molecule has 212 valence electrons. The van der Waals surface area contributed by atoms with E-state index in [1.807, 2.05) is 0 Å². The summed E-state index contributed by atoms with van der Waals surface area (Å²) in [7, 11) is 0. The van der Waals surface area contributed by atoms with Gasteiger partial charge in [-0.3, -0.25) is 4.79 Å². The first-order chi connectivity index (χ1) is 19.8. The number of anilines is 1. The number of hydrogen-bond donors (Lipinski definition) is 2. The van der Waals surface area contributed by atoms with Crippen LogP contribution in [0.2, 0.25) is 0 Å². The van der Waals surface area contributed by atoms with Crippen LogP contribution in [0.25, 0.3) is 0 Å². The van der Waals surface area contributed by atoms with Crippen LogP contribution in [-0.2, 0) is 19.1 Å². The topological polar surface area (TPSA) is 138 Å². The number of benzene rings is 3. The highest BCUT2D eigenvalue weighted by atomic mass is 16.5. The van der Waals surface area contributed by atoms with Crippen LogP contribution in [0, 0.1) is 0 Å². The summed E-state index contributed by atoms with van der Waals surface area (Å²) in [5.74, 6) is -2.29. The molecule has 0 fully saturated rings. The number of hydrogen-bond acceptors (Lipinski definition) is 10. The molecule has 0 saturated carbocycles. The summed E-state index contributed by atoms with van der Waals surface area (Å²) in [6.07, 6.45) is 5.76. The minimum atomic E-state index is -0.510. The number of carbonyl (C=O) groups is 3. The van der Waals surface area contributed by atoms with Crippen molar-refractivity contribution in [2.45, 2.75) is 13.8 Å². The molecule has 2 N–H and O–H groups in total. The molecule has 3 aromatic rings. The normalized spacial score (nSPS) is 11.3. The van der Waals surface area contributed by atoms with Gasteiger partial charge in [0, 0.05) is 17.7 Å². The molecule has 10 heteroatoms. The number of ether oxygens (including phenoxy) is 2. The van der Waals surface area contributed by atoms with Crippen LogP contribution in [0.5, 0.6) is 11.5 Å². The summed E-state index contributed by atoms with van der Waals surface area (Å²) in [4.78, 5) is 38.3. The predicted octanol–water partition coefficient (Wildman–Crippen LogP) is 5.79. The van der Waals surface area contributed by atoms with Crippen LogP contribution in [0.1, 0.15) is 29.8 Å². The summed E-state index contributed by atoms with van der Waals surface area (Å²) >= 11 is 0. The first-order valence-corrected chi connectivity index (χ1v) is 12.8. The van der Waals surface area contributed by atoms with Gasteiger partial charge in [0.05, 0.1) is 24.3 Å². The highest BCUT2D eigenvalue weighted by Gasteiger charge is 2.20. The van der Waals surface area contributed by atoms with Gasteiger partial charge < -0.3 is 24.6 Å². The molecule has 0 saturated heterocycles. The van der Waals surface area contributed by atoms with Crippen LogP contribution < -0.4 is 4.90 Å². The number of carbonyl (C=O) groups excluding carboxylic acids is 3. The van der Waals surface area contributed by atoms with Crippen molar-refractivity contribution in [2.75, 3.05) is 31.2 Å². The van der Waals surface area contributed by atoms with E-state index in [9.17, 15) is 24.6 Å². The molecule has 3 aromatic carbocycles. The second-order valence-corrected chi connectivity index (χ2v) is 8.54. The van der Waals surface area contributed by atoms with E-state index in [2.05, 4.69) is 10.2 Å². The monoisotopic (exact) mass is 557 g/mol. The van der Waals surface area contributed by atoms with Crippen LogP contribution in [0.3, 0.4) is 0 Å². The van der Waals surface area contributed by atoms with E-state index < -0.39 is 23.5 Å². The zero-order chi connectivity index (χ0) is 29.6. The standard InChI is InChI=1S/C31H31N3O7/c1-3-10-27(36)40-20-18-34(19-21-41-28(37)11-4-2)25-15-9-8-14-24(25)32-33-29-26(35)17-16-23(31(29)39)30(38)22-12-6-5-7-13-22/h3-17,35,39H,18-21H2,1-2H3. The number of allylic oxidation sites excluding steroid dienone is 2. The third-order valence-electron chi connectivity index (χ3n) is 5.71. The number of aromatic hydroxyl groups is 2. The lowest BCUT2D eigenvalue weighted by Gasteiger charge is -2.25. The van der Waals surface area contributed by atoms with E-state index >= 15 is 0 Å². The van der Waals surface area contributed by atoms with Gasteiger partial charge in [-0.05, 0) is 38.1 Å². The SMILES string of the molecule is CC=CC(=O)OCCN(CCOC(=O)C=CC)c1ccccc1N=Nc1c(O)ccc(C(=O)c2ccccc2)c1O. The van der Waals surface area contributed by atoms with Gasteiger partial charge >= 0.3 is 11.9 Å². The minimum Gasteiger partial charge on any atom is -0.505 e. The second-order valence-electron chi connectivity index (χ2n) is 8.54. The Morgan fingerprint density at radius 2 is 1.37 bits per heavy atom. The Morgan fingerprint density at radius 3 is 1.98 bits per heavy atom. The third-order valence-corrected chi connectivity index (χ3v) is 5.71. The van der Waals surface area contributed by atoms with Crippen LogP contribution in [0.4, 0.5) is 17.1 Å². The van der Waals surface area contributed by atoms with Gasteiger partial charge in [-0.2, -0.15) is 0 Å². The number of nitrogens with zero attached hydrogens (tertiary/aromatic N) is 3. The molecule has 0 aliphatic rings. The molecule has 0 unspecified atom stereocenters. The van der Waals surface area contributed by atoms with Gasteiger partial charge in [-0.1, -0.05) is 54.6 Å². The van der Waals surface area contributed by atoms with Gasteiger partial charge in [0.15, 0.2) is 17.2 Å². The molecule has 0 spiro atoms. The fraction of sp³-hybridized carbons (Fsp3) is 0.194. The largest absolute Gasteiger partial charge is 0.505 e. The average molecular weight is 558 g/mol. The zero-order valence-electron chi connectivity index (χ0n) is 22.8. The van der Waals surface area contributed by atoms with E-state index in [4.69, 9.17) is 9.47 Å². The Hall–Kier alpha value is -5.25. The maximum atomic E-state index is 12.9. The van der Waals surface area contributed by atoms with Gasteiger partial charge in [-0.25, -0.2) is 9.59 Å². The van der Waals surface area contributed by atoms with Gasteiger partial charge in [0.2, 0.25) is 0 Å². The maximum Gasteiger partial charge on any atom is 0.330 e. The number of ketones is 1. The van der Waals surface area contributed by atoms with E-state index in [1.54, 1.807) is 85.5 Å². The molecule has 0 radical (unpaired) electrons. The molecule has 0 atom stereocenters. The van der Waals surface area contributed by atoms with Crippen molar-refractivity contribution < 1.29 is 34.1 Å². The van der Waals surface area contributed by atoms with Gasteiger partial charge in [0.1, 0.15) is 24.7 Å². The number of para-hydroxylation sites is 1. The predicted molar refractivity (Wildman–Crippen MR) is 154 cm³/mol. The van der Waals surface area contributed by atoms with Crippen molar-refractivity contribution in [1.29, 1.82) is 0 Å². The molecular weight excluding hydrogens is 526 g/mol. The lowest BCUT2D eigenvalue weighted by Crippen LogP contribution is -2.32. The number of esters is 2. The van der Waals surface area contributed by atoms with E-state index in [0.29, 0.717) is 16.9 Å². The fourth-order valence-electron chi connectivity index (χ4n) is 3.75. The zero-order valence-corrected chi connectivity index (χ0v) is 22.8. The Balaban J connectivity index is 1.89. The van der Waals surface area contributed by atoms with E-state index in [1.165, 1.54) is 24.3 Å². The van der Waals surface area contributed by atoms with Gasteiger partial charge in [-0.15, -0.1) is 10.2 Å². The minimum absolute atomic E-state index is 0.0382. The van der Waals surface area contributed by atoms with Crippen molar-refractivity contribution in [2.24, 2.45) is 10.2 Å². The molecule has 10 nitrogen and oxygen atoms in total. The molecule has 0 aliphatic carbocycles. The lowest BCUT2D eigenvalue weighted by molar-refractivity contribution is -0.137. The first-order valence-electron chi connectivity index (χ1n) is 12.8. The summed E-state index contributed by atoms with van der Waals surface area (Å²) in [5.41, 5.74) is 0.974. The number of rotatable bonds is 13. The average Bonchev–Trinajstić information content (AvgIpc) is 2.97. The third kappa shape index (κ3) is 8.62. The summed E-state index contributed by atoms with van der Waals surface area (Å²) in [6, 6.07) is 17.9. The van der Waals surface area contributed by atoms with Crippen molar-refractivity contribution in [3.05, 3.63) is 102 Å². The van der Waals surface area contributed by atoms with Crippen molar-refractivity contribution in [3.63, 3.8) is 0 Å². The van der Waals surface area contributed by atoms with Gasteiger partial charge in [0.25, 0.3) is 0 Å². The molecule has 0 heterocycles. The first kappa shape index (κ1) is 30.3. The molecule has 0 aliphatic heterocycles. The molecule has 41 heavy (non-hydrogen) atoms. The number of phenols is 2. The van der Waals surface area contributed by atoms with E-state index in [-0.39, 0.29) is 43.3 Å². The fourth-order valence-corrected chi connectivity index (χ4v) is 3.75. The van der Waals surface area contributed by atoms with Crippen molar-refractivity contribution >= 4 is 34.8 Å². The highest BCUT2D eigenvalue weighted by Crippen LogP contribution is 2.41. The molecule has 0 aromatic heterocycles. The summed E-state index contributed by atoms with van der Waals surface area (Å²) in [6.45, 7) is 3.99. The maximum absolute atomic E-state index is 12.9. The Morgan fingerprint density at radius 1 is 0.780 bits per heavy atom. The molecular formula is C31H31N3O7. The Labute approximate surface area is 237 Å². The number of phenolic OH excluding ortho intramolecular Hbond substituents is 2. The Bertz CT molecular complexity index is 1420. The van der Waals surface area contributed by atoms with Crippen molar-refractivity contribution in [1.82, 2.24) is 0 Å². The van der Waals surface area contributed by atoms with Crippen molar-refractivity contribution in [3.8, 4) is 11.5 Å². The Kier molecular flexibility index (Phi) is 11.4. The molecule has 0 bridgehead atoms. The van der Waals surface area contributed by atoms with Crippen LogP contribution >= 0.6 is 0 Å². The van der Waals surface area contributed by atoms with E-state index in [0.717, 1.165) is 0 Å². The van der Waals surface area contributed by atoms with Crippen LogP contribution in [0.15, 0.2) is 101 Å². The molecule has 0 amide bonds. The second kappa shape index (κ2) is 15.4. The summed E-state index contributed by atoms with van der Waals surface area (Å²) < 4.78 is 10.5. The smallest absolute Gasteiger partial charge is 0.330 e. The highest BCUT2D eigenvalue weighted by molar-refractivity contribution is 6.11. The number of azo groups is 1. The van der Waals surface area contributed by atoms with Crippen LogP contribution in [-0.4, -0.2) is 54.2 Å².